The highest BCUT2D eigenvalue weighted by Gasteiger charge is 2.23. The standard InChI is InChI=1S/C23H25N5OS/c1-15-10-11-16(2)21-20(15)26-23(30-21)28(13-7-12-27(3)4)22(29)19-14-24-17-8-5-6-9-18(17)25-19/h5-6,8-11,14H,7,12-13H2,1-4H3. The molecule has 2 heterocycles. The van der Waals surface area contributed by atoms with Crippen LogP contribution in [0.5, 0.6) is 0 Å². The quantitative estimate of drug-likeness (QED) is 0.462. The number of hydrogen-bond acceptors (Lipinski definition) is 6. The summed E-state index contributed by atoms with van der Waals surface area (Å²) in [6.07, 6.45) is 2.40. The highest BCUT2D eigenvalue weighted by Crippen LogP contribution is 2.33. The second kappa shape index (κ2) is 8.45. The van der Waals surface area contributed by atoms with Crippen molar-refractivity contribution in [3.63, 3.8) is 0 Å². The topological polar surface area (TPSA) is 62.2 Å². The minimum Gasteiger partial charge on any atom is -0.309 e. The Morgan fingerprint density at radius 3 is 2.43 bits per heavy atom. The lowest BCUT2D eigenvalue weighted by Crippen LogP contribution is -2.34. The molecule has 0 atom stereocenters. The second-order valence-corrected chi connectivity index (χ2v) is 8.71. The number of rotatable bonds is 6. The highest BCUT2D eigenvalue weighted by atomic mass is 32.1. The Balaban J connectivity index is 1.74. The van der Waals surface area contributed by atoms with Crippen LogP contribution < -0.4 is 4.90 Å². The summed E-state index contributed by atoms with van der Waals surface area (Å²) in [5, 5.41) is 0.709. The number of carbonyl (C=O) groups is 1. The molecular formula is C23H25N5OS. The maximum atomic E-state index is 13.5. The average Bonchev–Trinajstić information content (AvgIpc) is 3.19. The van der Waals surface area contributed by atoms with Gasteiger partial charge in [0.1, 0.15) is 5.69 Å². The third kappa shape index (κ3) is 4.04. The van der Waals surface area contributed by atoms with Crippen LogP contribution >= 0.6 is 11.3 Å². The largest absolute Gasteiger partial charge is 0.309 e. The molecule has 4 aromatic rings. The molecule has 2 aromatic heterocycles. The van der Waals surface area contributed by atoms with Gasteiger partial charge < -0.3 is 4.90 Å². The van der Waals surface area contributed by atoms with Gasteiger partial charge in [-0.25, -0.2) is 9.97 Å². The summed E-state index contributed by atoms with van der Waals surface area (Å²) < 4.78 is 1.13. The molecule has 2 aromatic carbocycles. The van der Waals surface area contributed by atoms with Gasteiger partial charge in [-0.3, -0.25) is 14.7 Å². The fourth-order valence-corrected chi connectivity index (χ4v) is 4.53. The van der Waals surface area contributed by atoms with Gasteiger partial charge in [0.2, 0.25) is 0 Å². The van der Waals surface area contributed by atoms with Gasteiger partial charge in [0, 0.05) is 6.54 Å². The van der Waals surface area contributed by atoms with Gasteiger partial charge in [-0.05, 0) is 64.2 Å². The number of benzene rings is 2. The molecule has 0 saturated carbocycles. The third-order valence-corrected chi connectivity index (χ3v) is 6.28. The summed E-state index contributed by atoms with van der Waals surface area (Å²) in [5.41, 5.74) is 5.08. The maximum Gasteiger partial charge on any atom is 0.280 e. The van der Waals surface area contributed by atoms with Crippen LogP contribution in [0.15, 0.2) is 42.6 Å². The maximum absolute atomic E-state index is 13.5. The summed E-state index contributed by atoms with van der Waals surface area (Å²) in [5.74, 6) is -0.165. The summed E-state index contributed by atoms with van der Waals surface area (Å²) in [7, 11) is 4.07. The molecule has 0 fully saturated rings. The fraction of sp³-hybridized carbons (Fsp3) is 0.304. The van der Waals surface area contributed by atoms with Gasteiger partial charge in [0.15, 0.2) is 5.13 Å². The zero-order valence-electron chi connectivity index (χ0n) is 17.7. The summed E-state index contributed by atoms with van der Waals surface area (Å²) in [6.45, 7) is 5.59. The zero-order chi connectivity index (χ0) is 21.3. The predicted molar refractivity (Wildman–Crippen MR) is 123 cm³/mol. The molecular weight excluding hydrogens is 394 g/mol. The molecule has 0 aliphatic heterocycles. The Hall–Kier alpha value is -2.90. The number of anilines is 1. The van der Waals surface area contributed by atoms with E-state index in [2.05, 4.69) is 40.8 Å². The van der Waals surface area contributed by atoms with E-state index in [1.54, 1.807) is 22.4 Å². The van der Waals surface area contributed by atoms with E-state index in [-0.39, 0.29) is 5.91 Å². The summed E-state index contributed by atoms with van der Waals surface area (Å²) in [6, 6.07) is 11.8. The number of amides is 1. The normalized spacial score (nSPS) is 11.5. The van der Waals surface area contributed by atoms with Crippen LogP contribution in [0.1, 0.15) is 28.0 Å². The lowest BCUT2D eigenvalue weighted by molar-refractivity contribution is 0.0981. The molecule has 0 bridgehead atoms. The van der Waals surface area contributed by atoms with E-state index >= 15 is 0 Å². The number of hydrogen-bond donors (Lipinski definition) is 0. The van der Waals surface area contributed by atoms with Gasteiger partial charge in [-0.2, -0.15) is 0 Å². The molecule has 0 N–H and O–H groups in total. The molecule has 4 rings (SSSR count). The lowest BCUT2D eigenvalue weighted by Gasteiger charge is -2.20. The summed E-state index contributed by atoms with van der Waals surface area (Å²) >= 11 is 1.56. The molecule has 0 unspecified atom stereocenters. The Kier molecular flexibility index (Phi) is 5.74. The van der Waals surface area contributed by atoms with Gasteiger partial charge in [-0.15, -0.1) is 0 Å². The summed E-state index contributed by atoms with van der Waals surface area (Å²) in [4.78, 5) is 31.2. The first kappa shape index (κ1) is 20.4. The molecule has 0 aliphatic carbocycles. The van der Waals surface area contributed by atoms with Gasteiger partial charge in [0.25, 0.3) is 5.91 Å². The minimum absolute atomic E-state index is 0.165. The van der Waals surface area contributed by atoms with E-state index in [9.17, 15) is 4.79 Å². The fourth-order valence-electron chi connectivity index (χ4n) is 3.39. The number of para-hydroxylation sites is 2. The van der Waals surface area contributed by atoms with E-state index in [0.717, 1.165) is 34.3 Å². The third-order valence-electron chi connectivity index (χ3n) is 5.06. The number of fused-ring (bicyclic) bond motifs is 2. The minimum atomic E-state index is -0.165. The molecule has 0 spiro atoms. The number of aromatic nitrogens is 3. The average molecular weight is 420 g/mol. The highest BCUT2D eigenvalue weighted by molar-refractivity contribution is 7.22. The van der Waals surface area contributed by atoms with Crippen molar-refractivity contribution in [3.8, 4) is 0 Å². The van der Waals surface area contributed by atoms with Gasteiger partial charge in [-0.1, -0.05) is 35.6 Å². The SMILES string of the molecule is Cc1ccc(C)c2sc(N(CCCN(C)C)C(=O)c3cnc4ccccc4n3)nc12. The first-order valence-corrected chi connectivity index (χ1v) is 10.8. The molecule has 154 valence electrons. The Morgan fingerprint density at radius 1 is 0.967 bits per heavy atom. The Morgan fingerprint density at radius 2 is 1.70 bits per heavy atom. The smallest absolute Gasteiger partial charge is 0.280 e. The molecule has 1 amide bonds. The molecule has 6 nitrogen and oxygen atoms in total. The van der Waals surface area contributed by atoms with Crippen LogP contribution in [0.4, 0.5) is 5.13 Å². The molecule has 30 heavy (non-hydrogen) atoms. The lowest BCUT2D eigenvalue weighted by atomic mass is 10.1. The molecule has 0 radical (unpaired) electrons. The first-order chi connectivity index (χ1) is 14.4. The van der Waals surface area contributed by atoms with Crippen LogP contribution in [0.25, 0.3) is 21.3 Å². The van der Waals surface area contributed by atoms with E-state index in [1.807, 2.05) is 38.4 Å². The van der Waals surface area contributed by atoms with Crippen LogP contribution in [-0.4, -0.2) is 52.9 Å². The van der Waals surface area contributed by atoms with Crippen molar-refractivity contribution in [1.82, 2.24) is 19.9 Å². The second-order valence-electron chi connectivity index (χ2n) is 7.73. The van der Waals surface area contributed by atoms with Crippen LogP contribution in [0, 0.1) is 13.8 Å². The number of thiazole rings is 1. The van der Waals surface area contributed by atoms with Crippen LogP contribution in [0.3, 0.4) is 0 Å². The van der Waals surface area contributed by atoms with E-state index < -0.39 is 0 Å². The zero-order valence-corrected chi connectivity index (χ0v) is 18.5. The first-order valence-electron chi connectivity index (χ1n) is 9.99. The number of aryl methyl sites for hydroxylation is 2. The molecule has 0 saturated heterocycles. The Bertz CT molecular complexity index is 1180. The molecule has 0 aliphatic rings. The van der Waals surface area contributed by atoms with Crippen molar-refractivity contribution in [2.24, 2.45) is 0 Å². The molecule has 7 heteroatoms. The van der Waals surface area contributed by atoms with Crippen molar-refractivity contribution in [2.45, 2.75) is 20.3 Å². The van der Waals surface area contributed by atoms with Crippen molar-refractivity contribution in [2.75, 3.05) is 32.1 Å². The van der Waals surface area contributed by atoms with Crippen LogP contribution in [-0.2, 0) is 0 Å². The predicted octanol–water partition coefficient (Wildman–Crippen LogP) is 4.45. The monoisotopic (exact) mass is 419 g/mol. The van der Waals surface area contributed by atoms with E-state index in [1.165, 1.54) is 5.56 Å². The van der Waals surface area contributed by atoms with Gasteiger partial charge >= 0.3 is 0 Å². The van der Waals surface area contributed by atoms with Crippen molar-refractivity contribution in [3.05, 3.63) is 59.4 Å². The van der Waals surface area contributed by atoms with Gasteiger partial charge in [0.05, 0.1) is 27.4 Å². The van der Waals surface area contributed by atoms with Crippen molar-refractivity contribution in [1.29, 1.82) is 0 Å². The van der Waals surface area contributed by atoms with Crippen LogP contribution in [0.2, 0.25) is 0 Å². The van der Waals surface area contributed by atoms with Crippen molar-refractivity contribution < 1.29 is 4.79 Å². The van der Waals surface area contributed by atoms with Crippen molar-refractivity contribution >= 4 is 43.6 Å². The van der Waals surface area contributed by atoms with E-state index in [4.69, 9.17) is 4.98 Å². The number of carbonyl (C=O) groups excluding carboxylic acids is 1. The number of nitrogens with zero attached hydrogens (tertiary/aromatic N) is 5. The Labute approximate surface area is 180 Å². The van der Waals surface area contributed by atoms with E-state index in [0.29, 0.717) is 22.9 Å².